The van der Waals surface area contributed by atoms with E-state index in [1.165, 1.54) is 24.0 Å². The topological polar surface area (TPSA) is 59.9 Å². The van der Waals surface area contributed by atoms with Gasteiger partial charge >= 0.3 is 0 Å². The van der Waals surface area contributed by atoms with E-state index in [2.05, 4.69) is 28.7 Å². The van der Waals surface area contributed by atoms with Gasteiger partial charge in [-0.15, -0.1) is 0 Å². The van der Waals surface area contributed by atoms with Crippen LogP contribution in [0.25, 0.3) is 0 Å². The molecule has 134 valence electrons. The number of para-hydroxylation sites is 2. The fourth-order valence-electron chi connectivity index (χ4n) is 3.38. The first-order valence-electron chi connectivity index (χ1n) is 9.05. The molecule has 5 heteroatoms. The summed E-state index contributed by atoms with van der Waals surface area (Å²) in [7, 11) is 0. The lowest BCUT2D eigenvalue weighted by Gasteiger charge is -2.24. The number of benzene rings is 2. The Morgan fingerprint density at radius 1 is 1.08 bits per heavy atom. The summed E-state index contributed by atoms with van der Waals surface area (Å²) in [5.74, 6) is 0.927. The van der Waals surface area contributed by atoms with Crippen molar-refractivity contribution >= 4 is 11.6 Å². The molecule has 5 nitrogen and oxygen atoms in total. The largest absolute Gasteiger partial charge is 0.485 e. The van der Waals surface area contributed by atoms with Gasteiger partial charge in [0.15, 0.2) is 11.5 Å². The fourth-order valence-corrected chi connectivity index (χ4v) is 3.38. The van der Waals surface area contributed by atoms with Gasteiger partial charge in [-0.05, 0) is 67.5 Å². The zero-order valence-electron chi connectivity index (χ0n) is 14.8. The molecule has 2 aliphatic rings. The summed E-state index contributed by atoms with van der Waals surface area (Å²) >= 11 is 0. The highest BCUT2D eigenvalue weighted by Gasteiger charge is 2.27. The van der Waals surface area contributed by atoms with E-state index in [0.29, 0.717) is 11.5 Å². The summed E-state index contributed by atoms with van der Waals surface area (Å²) in [5, 5.41) is 4.26. The van der Waals surface area contributed by atoms with Gasteiger partial charge in [-0.3, -0.25) is 4.79 Å². The van der Waals surface area contributed by atoms with Gasteiger partial charge in [0.05, 0.1) is 5.71 Å². The molecular weight excluding hydrogens is 328 g/mol. The van der Waals surface area contributed by atoms with Crippen molar-refractivity contribution in [3.05, 3.63) is 59.2 Å². The van der Waals surface area contributed by atoms with Crippen molar-refractivity contribution in [2.45, 2.75) is 38.7 Å². The molecule has 0 aromatic heterocycles. The number of carbonyl (C=O) groups is 1. The van der Waals surface area contributed by atoms with Crippen LogP contribution in [0.15, 0.2) is 47.6 Å². The summed E-state index contributed by atoms with van der Waals surface area (Å²) in [6.07, 6.45) is 4.08. The second-order valence-corrected chi connectivity index (χ2v) is 6.73. The number of hydrogen-bond acceptors (Lipinski definition) is 4. The van der Waals surface area contributed by atoms with Crippen molar-refractivity contribution in [1.29, 1.82) is 0 Å². The van der Waals surface area contributed by atoms with E-state index in [0.717, 1.165) is 24.1 Å². The van der Waals surface area contributed by atoms with E-state index in [1.54, 1.807) is 6.07 Å². The van der Waals surface area contributed by atoms with Crippen molar-refractivity contribution in [2.75, 3.05) is 6.61 Å². The molecule has 0 saturated carbocycles. The fraction of sp³-hybridized carbons (Fsp3) is 0.333. The van der Waals surface area contributed by atoms with Crippen LogP contribution in [0.5, 0.6) is 11.5 Å². The highest BCUT2D eigenvalue weighted by atomic mass is 16.6. The molecule has 26 heavy (non-hydrogen) atoms. The van der Waals surface area contributed by atoms with Crippen LogP contribution >= 0.6 is 0 Å². The van der Waals surface area contributed by atoms with Crippen molar-refractivity contribution in [3.63, 3.8) is 0 Å². The number of fused-ring (bicyclic) bond motifs is 2. The molecule has 4 rings (SSSR count). The molecule has 0 unspecified atom stereocenters. The Bertz CT molecular complexity index is 860. The molecule has 1 atom stereocenters. The van der Waals surface area contributed by atoms with E-state index in [-0.39, 0.29) is 12.5 Å². The molecule has 1 aliphatic carbocycles. The van der Waals surface area contributed by atoms with E-state index in [4.69, 9.17) is 9.47 Å². The first kappa shape index (κ1) is 16.6. The molecule has 0 spiro atoms. The van der Waals surface area contributed by atoms with Crippen LogP contribution in [0, 0.1) is 0 Å². The minimum atomic E-state index is -0.704. The van der Waals surface area contributed by atoms with E-state index in [1.807, 2.05) is 25.1 Å². The van der Waals surface area contributed by atoms with Crippen molar-refractivity contribution in [2.24, 2.45) is 5.10 Å². The Morgan fingerprint density at radius 3 is 2.69 bits per heavy atom. The zero-order chi connectivity index (χ0) is 17.9. The predicted octanol–water partition coefficient (Wildman–Crippen LogP) is 3.25. The van der Waals surface area contributed by atoms with Gasteiger partial charge in [-0.1, -0.05) is 24.3 Å². The van der Waals surface area contributed by atoms with Crippen LogP contribution in [0.4, 0.5) is 0 Å². The summed E-state index contributed by atoms with van der Waals surface area (Å²) < 4.78 is 11.3. The number of aryl methyl sites for hydroxylation is 2. The lowest BCUT2D eigenvalue weighted by atomic mass is 9.90. The summed E-state index contributed by atoms with van der Waals surface area (Å²) in [6.45, 7) is 2.08. The Morgan fingerprint density at radius 2 is 1.85 bits per heavy atom. The molecule has 1 aliphatic heterocycles. The summed E-state index contributed by atoms with van der Waals surface area (Å²) in [4.78, 5) is 12.4. The number of nitrogens with zero attached hydrogens (tertiary/aromatic N) is 1. The van der Waals surface area contributed by atoms with Gasteiger partial charge in [0.2, 0.25) is 6.10 Å². The first-order valence-corrected chi connectivity index (χ1v) is 9.05. The maximum atomic E-state index is 12.4. The molecule has 1 amide bonds. The van der Waals surface area contributed by atoms with Gasteiger partial charge in [0.1, 0.15) is 6.61 Å². The standard InChI is InChI=1S/C21H22N2O3/c1-14(16-11-10-15-6-2-3-7-17(15)12-16)22-23-21(24)20-13-25-18-8-4-5-9-19(18)26-20/h4-5,8-12,20H,2-3,6-7,13H2,1H3,(H,23,24)/b22-14-/t20-/m1/s1. The molecule has 2 aromatic carbocycles. The third-order valence-corrected chi connectivity index (χ3v) is 4.90. The summed E-state index contributed by atoms with van der Waals surface area (Å²) in [6, 6.07) is 13.8. The highest BCUT2D eigenvalue weighted by molar-refractivity contribution is 5.99. The van der Waals surface area contributed by atoms with Crippen LogP contribution < -0.4 is 14.9 Å². The molecule has 0 fully saturated rings. The molecule has 0 saturated heterocycles. The Balaban J connectivity index is 1.42. The lowest BCUT2D eigenvalue weighted by molar-refractivity contribution is -0.130. The van der Waals surface area contributed by atoms with Gasteiger partial charge in [0.25, 0.3) is 5.91 Å². The molecular formula is C21H22N2O3. The van der Waals surface area contributed by atoms with Crippen molar-refractivity contribution < 1.29 is 14.3 Å². The normalized spacial score (nSPS) is 18.8. The molecule has 0 radical (unpaired) electrons. The Labute approximate surface area is 153 Å². The van der Waals surface area contributed by atoms with Crippen molar-refractivity contribution in [1.82, 2.24) is 5.43 Å². The second-order valence-electron chi connectivity index (χ2n) is 6.73. The van der Waals surface area contributed by atoms with Gasteiger partial charge in [0, 0.05) is 0 Å². The number of amides is 1. The average Bonchev–Trinajstić information content (AvgIpc) is 2.71. The van der Waals surface area contributed by atoms with Gasteiger partial charge < -0.3 is 9.47 Å². The Hall–Kier alpha value is -2.82. The number of hydrazone groups is 1. The van der Waals surface area contributed by atoms with Crippen LogP contribution in [-0.4, -0.2) is 24.3 Å². The first-order chi connectivity index (χ1) is 12.7. The van der Waals surface area contributed by atoms with Crippen LogP contribution in [0.2, 0.25) is 0 Å². The van der Waals surface area contributed by atoms with Crippen LogP contribution in [0.1, 0.15) is 36.5 Å². The van der Waals surface area contributed by atoms with Crippen molar-refractivity contribution in [3.8, 4) is 11.5 Å². The SMILES string of the molecule is C/C(=N/NC(=O)[C@H]1COc2ccccc2O1)c1ccc2c(c1)CCCC2. The Kier molecular flexibility index (Phi) is 4.61. The number of rotatable bonds is 3. The molecule has 2 aromatic rings. The smallest absolute Gasteiger partial charge is 0.284 e. The maximum absolute atomic E-state index is 12.4. The number of nitrogens with one attached hydrogen (secondary N) is 1. The maximum Gasteiger partial charge on any atom is 0.284 e. The third-order valence-electron chi connectivity index (χ3n) is 4.90. The monoisotopic (exact) mass is 350 g/mol. The molecule has 1 N–H and O–H groups in total. The quantitative estimate of drug-likeness (QED) is 0.683. The number of hydrogen-bond donors (Lipinski definition) is 1. The third kappa shape index (κ3) is 3.43. The average molecular weight is 350 g/mol. The van der Waals surface area contributed by atoms with Crippen LogP contribution in [0.3, 0.4) is 0 Å². The van der Waals surface area contributed by atoms with E-state index in [9.17, 15) is 4.79 Å². The molecule has 1 heterocycles. The number of ether oxygens (including phenoxy) is 2. The highest BCUT2D eigenvalue weighted by Crippen LogP contribution is 2.30. The minimum Gasteiger partial charge on any atom is -0.485 e. The van der Waals surface area contributed by atoms with Gasteiger partial charge in [-0.2, -0.15) is 5.10 Å². The lowest BCUT2D eigenvalue weighted by Crippen LogP contribution is -2.42. The minimum absolute atomic E-state index is 0.177. The van der Waals surface area contributed by atoms with Crippen LogP contribution in [-0.2, 0) is 17.6 Å². The summed E-state index contributed by atoms with van der Waals surface area (Å²) in [5.41, 5.74) is 7.26. The second kappa shape index (κ2) is 7.20. The van der Waals surface area contributed by atoms with E-state index < -0.39 is 6.10 Å². The predicted molar refractivity (Wildman–Crippen MR) is 99.8 cm³/mol. The van der Waals surface area contributed by atoms with E-state index >= 15 is 0 Å². The zero-order valence-corrected chi connectivity index (χ0v) is 14.8. The number of carbonyl (C=O) groups excluding carboxylic acids is 1. The molecule has 0 bridgehead atoms. The van der Waals surface area contributed by atoms with Gasteiger partial charge in [-0.25, -0.2) is 5.43 Å².